The first-order valence-electron chi connectivity index (χ1n) is 10.9. The van der Waals surface area contributed by atoms with Crippen molar-refractivity contribution in [3.63, 3.8) is 0 Å². The zero-order chi connectivity index (χ0) is 20.1. The highest BCUT2D eigenvalue weighted by Crippen LogP contribution is 2.21. The highest BCUT2D eigenvalue weighted by atomic mass is 16.2. The maximum absolute atomic E-state index is 13.0. The molecule has 4 rings (SSSR count). The molecule has 1 aliphatic heterocycles. The minimum atomic E-state index is 0.121. The number of piperidine rings is 1. The monoisotopic (exact) mass is 389 g/mol. The number of fused-ring (bicyclic) bond motifs is 1. The molecule has 3 aromatic rings. The van der Waals surface area contributed by atoms with Crippen LogP contribution in [0.1, 0.15) is 35.8 Å². The molecular weight excluding hydrogens is 358 g/mol. The summed E-state index contributed by atoms with van der Waals surface area (Å²) >= 11 is 0. The summed E-state index contributed by atoms with van der Waals surface area (Å²) in [5, 5.41) is 1.10. The number of H-pyrrole nitrogens is 1. The fourth-order valence-electron chi connectivity index (χ4n) is 4.35. The Kier molecular flexibility index (Phi) is 6.30. The van der Waals surface area contributed by atoms with Crippen molar-refractivity contribution in [1.29, 1.82) is 0 Å². The van der Waals surface area contributed by atoms with Crippen LogP contribution in [0.5, 0.6) is 0 Å². The number of aromatic amines is 1. The second kappa shape index (κ2) is 9.27. The lowest BCUT2D eigenvalue weighted by Crippen LogP contribution is -2.41. The molecule has 2 aromatic carbocycles. The molecule has 0 saturated carbocycles. The van der Waals surface area contributed by atoms with Crippen LogP contribution in [-0.4, -0.2) is 53.4 Å². The number of hydrogen-bond acceptors (Lipinski definition) is 2. The standard InChI is InChI=1S/C25H31N3O/c1-2-28(25(29)24-18-22-10-6-7-11-23(22)26-24)19-21-13-16-27(17-14-21)15-12-20-8-4-3-5-9-20/h3-11,18,21,26H,2,12-17,19H2,1H3. The Hall–Kier alpha value is -2.59. The van der Waals surface area contributed by atoms with E-state index in [2.05, 4.69) is 47.1 Å². The largest absolute Gasteiger partial charge is 0.351 e. The van der Waals surface area contributed by atoms with Crippen LogP contribution < -0.4 is 0 Å². The van der Waals surface area contributed by atoms with Gasteiger partial charge in [0.1, 0.15) is 5.69 Å². The van der Waals surface area contributed by atoms with Crippen LogP contribution >= 0.6 is 0 Å². The molecule has 2 heterocycles. The average Bonchev–Trinajstić information content (AvgIpc) is 3.21. The Labute approximate surface area is 173 Å². The summed E-state index contributed by atoms with van der Waals surface area (Å²) in [6, 6.07) is 20.8. The van der Waals surface area contributed by atoms with E-state index in [0.717, 1.165) is 50.0 Å². The van der Waals surface area contributed by atoms with Crippen LogP contribution in [0.2, 0.25) is 0 Å². The van der Waals surface area contributed by atoms with E-state index >= 15 is 0 Å². The van der Waals surface area contributed by atoms with Gasteiger partial charge in [-0.3, -0.25) is 4.79 Å². The molecule has 0 radical (unpaired) electrons. The zero-order valence-electron chi connectivity index (χ0n) is 17.3. The average molecular weight is 390 g/mol. The number of nitrogens with one attached hydrogen (secondary N) is 1. The lowest BCUT2D eigenvalue weighted by atomic mass is 9.95. The normalized spacial score (nSPS) is 15.6. The molecule has 4 heteroatoms. The molecule has 1 fully saturated rings. The predicted molar refractivity (Wildman–Crippen MR) is 119 cm³/mol. The second-order valence-electron chi connectivity index (χ2n) is 8.13. The van der Waals surface area contributed by atoms with Crippen LogP contribution in [0.4, 0.5) is 0 Å². The number of nitrogens with zero attached hydrogens (tertiary/aromatic N) is 2. The fraction of sp³-hybridized carbons (Fsp3) is 0.400. The third-order valence-corrected chi connectivity index (χ3v) is 6.17. The number of carbonyl (C=O) groups is 1. The van der Waals surface area contributed by atoms with Crippen molar-refractivity contribution in [2.45, 2.75) is 26.2 Å². The molecule has 1 aliphatic rings. The first-order valence-corrected chi connectivity index (χ1v) is 10.9. The quantitative estimate of drug-likeness (QED) is 0.642. The predicted octanol–water partition coefficient (Wildman–Crippen LogP) is 4.58. The molecule has 1 aromatic heterocycles. The van der Waals surface area contributed by atoms with Crippen LogP contribution in [-0.2, 0) is 6.42 Å². The summed E-state index contributed by atoms with van der Waals surface area (Å²) in [5.41, 5.74) is 3.14. The van der Waals surface area contributed by atoms with Crippen molar-refractivity contribution < 1.29 is 4.79 Å². The number of carbonyl (C=O) groups excluding carboxylic acids is 1. The van der Waals surface area contributed by atoms with Gasteiger partial charge in [-0.2, -0.15) is 0 Å². The Bertz CT molecular complexity index is 892. The van der Waals surface area contributed by atoms with Gasteiger partial charge in [0.25, 0.3) is 5.91 Å². The smallest absolute Gasteiger partial charge is 0.270 e. The highest BCUT2D eigenvalue weighted by molar-refractivity contribution is 5.98. The van der Waals surface area contributed by atoms with E-state index in [1.807, 2.05) is 35.2 Å². The summed E-state index contributed by atoms with van der Waals surface area (Å²) in [5.74, 6) is 0.714. The first-order chi connectivity index (χ1) is 14.2. The summed E-state index contributed by atoms with van der Waals surface area (Å²) in [4.78, 5) is 20.9. The van der Waals surface area contributed by atoms with Crippen LogP contribution in [0.25, 0.3) is 10.9 Å². The SMILES string of the molecule is CCN(CC1CCN(CCc2ccccc2)CC1)C(=O)c1cc2ccccc2[nH]1. The first kappa shape index (κ1) is 19.7. The van der Waals surface area contributed by atoms with E-state index in [1.54, 1.807) is 0 Å². The third kappa shape index (κ3) is 4.88. The molecule has 29 heavy (non-hydrogen) atoms. The molecule has 0 spiro atoms. The number of rotatable bonds is 7. The van der Waals surface area contributed by atoms with Crippen LogP contribution in [0.15, 0.2) is 60.7 Å². The molecule has 1 N–H and O–H groups in total. The van der Waals surface area contributed by atoms with E-state index in [9.17, 15) is 4.79 Å². The number of para-hydroxylation sites is 1. The fourth-order valence-corrected chi connectivity index (χ4v) is 4.35. The van der Waals surface area contributed by atoms with E-state index in [0.29, 0.717) is 11.6 Å². The van der Waals surface area contributed by atoms with Crippen LogP contribution in [0.3, 0.4) is 0 Å². The third-order valence-electron chi connectivity index (χ3n) is 6.17. The second-order valence-corrected chi connectivity index (χ2v) is 8.13. The lowest BCUT2D eigenvalue weighted by Gasteiger charge is -2.34. The molecule has 1 saturated heterocycles. The van der Waals surface area contributed by atoms with Crippen molar-refractivity contribution in [2.75, 3.05) is 32.7 Å². The number of hydrogen-bond donors (Lipinski definition) is 1. The molecule has 0 atom stereocenters. The van der Waals surface area contributed by atoms with Crippen molar-refractivity contribution >= 4 is 16.8 Å². The van der Waals surface area contributed by atoms with Gasteiger partial charge in [0.05, 0.1) is 0 Å². The molecular formula is C25H31N3O. The zero-order valence-corrected chi connectivity index (χ0v) is 17.3. The minimum absolute atomic E-state index is 0.121. The molecule has 0 unspecified atom stereocenters. The van der Waals surface area contributed by atoms with Gasteiger partial charge in [-0.1, -0.05) is 48.5 Å². The van der Waals surface area contributed by atoms with E-state index < -0.39 is 0 Å². The topological polar surface area (TPSA) is 39.3 Å². The Morgan fingerprint density at radius 1 is 1.07 bits per heavy atom. The lowest BCUT2D eigenvalue weighted by molar-refractivity contribution is 0.0697. The summed E-state index contributed by atoms with van der Waals surface area (Å²) in [6.07, 6.45) is 3.46. The molecule has 0 bridgehead atoms. The van der Waals surface area contributed by atoms with Gasteiger partial charge in [-0.05, 0) is 62.9 Å². The van der Waals surface area contributed by atoms with Gasteiger partial charge in [0.2, 0.25) is 0 Å². The summed E-state index contributed by atoms with van der Waals surface area (Å²) in [7, 11) is 0. The van der Waals surface area contributed by atoms with Gasteiger partial charge < -0.3 is 14.8 Å². The highest BCUT2D eigenvalue weighted by Gasteiger charge is 2.24. The maximum atomic E-state index is 13.0. The molecule has 1 amide bonds. The molecule has 4 nitrogen and oxygen atoms in total. The number of aromatic nitrogens is 1. The minimum Gasteiger partial charge on any atom is -0.351 e. The van der Waals surface area contributed by atoms with E-state index in [-0.39, 0.29) is 5.91 Å². The van der Waals surface area contributed by atoms with E-state index in [1.165, 1.54) is 18.4 Å². The van der Waals surface area contributed by atoms with E-state index in [4.69, 9.17) is 0 Å². The van der Waals surface area contributed by atoms with Crippen molar-refractivity contribution in [3.8, 4) is 0 Å². The Balaban J connectivity index is 1.28. The number of likely N-dealkylation sites (tertiary alicyclic amines) is 1. The Morgan fingerprint density at radius 2 is 1.79 bits per heavy atom. The maximum Gasteiger partial charge on any atom is 0.270 e. The van der Waals surface area contributed by atoms with Gasteiger partial charge in [0.15, 0.2) is 0 Å². The molecule has 152 valence electrons. The van der Waals surface area contributed by atoms with Crippen molar-refractivity contribution in [1.82, 2.24) is 14.8 Å². The van der Waals surface area contributed by atoms with Gasteiger partial charge >= 0.3 is 0 Å². The summed E-state index contributed by atoms with van der Waals surface area (Å²) in [6.45, 7) is 7.09. The molecule has 0 aliphatic carbocycles. The van der Waals surface area contributed by atoms with Gasteiger partial charge in [-0.25, -0.2) is 0 Å². The summed E-state index contributed by atoms with van der Waals surface area (Å²) < 4.78 is 0. The van der Waals surface area contributed by atoms with Gasteiger partial charge in [-0.15, -0.1) is 0 Å². The van der Waals surface area contributed by atoms with Crippen molar-refractivity contribution in [3.05, 3.63) is 71.9 Å². The number of amides is 1. The Morgan fingerprint density at radius 3 is 2.52 bits per heavy atom. The van der Waals surface area contributed by atoms with Crippen LogP contribution in [0, 0.1) is 5.92 Å². The number of benzene rings is 2. The van der Waals surface area contributed by atoms with Crippen molar-refractivity contribution in [2.24, 2.45) is 5.92 Å². The van der Waals surface area contributed by atoms with Gasteiger partial charge in [0, 0.05) is 30.5 Å².